The van der Waals surface area contributed by atoms with Crippen molar-refractivity contribution >= 4 is 17.3 Å². The van der Waals surface area contributed by atoms with E-state index in [0.29, 0.717) is 11.3 Å². The molecule has 0 aliphatic carbocycles. The molecule has 1 N–H and O–H groups in total. The van der Waals surface area contributed by atoms with Crippen LogP contribution in [0.25, 0.3) is 0 Å². The van der Waals surface area contributed by atoms with E-state index in [1.54, 1.807) is 13.1 Å². The molecule has 0 aliphatic heterocycles. The third-order valence-electron chi connectivity index (χ3n) is 4.36. The zero-order valence-electron chi connectivity index (χ0n) is 17.4. The fourth-order valence-corrected chi connectivity index (χ4v) is 2.86. The van der Waals surface area contributed by atoms with Crippen molar-refractivity contribution < 1.29 is 14.5 Å². The normalized spacial score (nSPS) is 11.6. The number of carbonyl (C=O) groups is 1. The Morgan fingerprint density at radius 2 is 1.97 bits per heavy atom. The number of aryl methyl sites for hydroxylation is 2. The Balaban J connectivity index is 2.30. The number of likely N-dealkylation sites (N-methyl/N-ethyl adjacent to an activating group) is 1. The van der Waals surface area contributed by atoms with Crippen molar-refractivity contribution in [3.8, 4) is 12.3 Å². The number of hydrogen-bond donors (Lipinski definition) is 1. The monoisotopic (exact) mass is 391 g/mol. The van der Waals surface area contributed by atoms with E-state index < -0.39 is 0 Å². The lowest BCUT2D eigenvalue weighted by Gasteiger charge is -2.13. The first kappa shape index (κ1) is 21.7. The van der Waals surface area contributed by atoms with Crippen LogP contribution in [0.1, 0.15) is 40.3 Å². The van der Waals surface area contributed by atoms with Gasteiger partial charge in [-0.1, -0.05) is 40.5 Å². The summed E-state index contributed by atoms with van der Waals surface area (Å²) in [5.41, 5.74) is 6.01. The molecule has 0 spiro atoms. The molecule has 0 aromatic heterocycles. The Morgan fingerprint density at radius 1 is 1.21 bits per heavy atom. The summed E-state index contributed by atoms with van der Waals surface area (Å²) in [7, 11) is 2.94. The highest BCUT2D eigenvalue weighted by Crippen LogP contribution is 2.18. The zero-order chi connectivity index (χ0) is 21.4. The number of nitrogens with one attached hydrogen (secondary N) is 1. The van der Waals surface area contributed by atoms with Crippen molar-refractivity contribution in [1.82, 2.24) is 5.32 Å². The first-order valence-corrected chi connectivity index (χ1v) is 9.08. The predicted molar refractivity (Wildman–Crippen MR) is 115 cm³/mol. The van der Waals surface area contributed by atoms with Gasteiger partial charge in [-0.05, 0) is 44.0 Å². The zero-order valence-corrected chi connectivity index (χ0v) is 17.4. The van der Waals surface area contributed by atoms with E-state index in [-0.39, 0.29) is 18.2 Å². The smallest absolute Gasteiger partial charge is 0.273 e. The average Bonchev–Trinajstić information content (AvgIpc) is 2.72. The van der Waals surface area contributed by atoms with E-state index in [2.05, 4.69) is 21.5 Å². The molecular weight excluding hydrogens is 366 g/mol. The molecule has 0 radical (unpaired) electrons. The van der Waals surface area contributed by atoms with Crippen molar-refractivity contribution in [2.24, 2.45) is 10.3 Å². The number of hydrogen-bond acceptors (Lipinski definition) is 5. The van der Waals surface area contributed by atoms with Gasteiger partial charge in [-0.15, -0.1) is 6.42 Å². The maximum Gasteiger partial charge on any atom is 0.273 e. The molecule has 0 aliphatic rings. The lowest BCUT2D eigenvalue weighted by Crippen LogP contribution is -2.29. The molecule has 0 fully saturated rings. The highest BCUT2D eigenvalue weighted by Gasteiger charge is 2.19. The third kappa shape index (κ3) is 5.45. The quantitative estimate of drug-likeness (QED) is 0.447. The minimum atomic E-state index is -0.347. The van der Waals surface area contributed by atoms with Crippen molar-refractivity contribution in [2.45, 2.75) is 27.4 Å². The first-order chi connectivity index (χ1) is 13.9. The summed E-state index contributed by atoms with van der Waals surface area (Å²) in [4.78, 5) is 22.7. The van der Waals surface area contributed by atoms with Crippen LogP contribution < -0.4 is 5.32 Å². The molecule has 0 bridgehead atoms. The molecule has 6 nitrogen and oxygen atoms in total. The van der Waals surface area contributed by atoms with E-state index in [1.807, 2.05) is 51.1 Å². The van der Waals surface area contributed by atoms with Gasteiger partial charge in [0.05, 0.1) is 5.71 Å². The maximum atomic E-state index is 12.2. The van der Waals surface area contributed by atoms with Crippen LogP contribution in [0.3, 0.4) is 0 Å². The number of rotatable bonds is 7. The topological polar surface area (TPSA) is 72.3 Å². The number of benzene rings is 2. The largest absolute Gasteiger partial charge is 0.398 e. The lowest BCUT2D eigenvalue weighted by molar-refractivity contribution is -0.114. The van der Waals surface area contributed by atoms with Crippen LogP contribution >= 0.6 is 0 Å². The van der Waals surface area contributed by atoms with Gasteiger partial charge in [-0.25, -0.2) is 0 Å². The highest BCUT2D eigenvalue weighted by atomic mass is 16.6. The van der Waals surface area contributed by atoms with Crippen LogP contribution in [-0.2, 0) is 21.1 Å². The van der Waals surface area contributed by atoms with Gasteiger partial charge >= 0.3 is 0 Å². The van der Waals surface area contributed by atoms with Crippen molar-refractivity contribution in [3.63, 3.8) is 0 Å². The molecule has 0 saturated heterocycles. The number of carbonyl (C=O) groups excluding carboxylic acids is 1. The number of amides is 1. The lowest BCUT2D eigenvalue weighted by atomic mass is 9.98. The van der Waals surface area contributed by atoms with Gasteiger partial charge in [-0.3, -0.25) is 4.79 Å². The van der Waals surface area contributed by atoms with Crippen LogP contribution in [0.5, 0.6) is 0 Å². The Labute approximate surface area is 171 Å². The van der Waals surface area contributed by atoms with E-state index >= 15 is 0 Å². The number of terminal acetylenes is 1. The van der Waals surface area contributed by atoms with Crippen molar-refractivity contribution in [3.05, 3.63) is 69.8 Å². The van der Waals surface area contributed by atoms with Gasteiger partial charge in [0, 0.05) is 29.3 Å². The highest BCUT2D eigenvalue weighted by molar-refractivity contribution is 6.45. The Hall–Kier alpha value is -3.59. The summed E-state index contributed by atoms with van der Waals surface area (Å²) in [6, 6.07) is 11.4. The second-order valence-electron chi connectivity index (χ2n) is 6.48. The summed E-state index contributed by atoms with van der Waals surface area (Å²) < 4.78 is 0. The van der Waals surface area contributed by atoms with Crippen LogP contribution in [-0.4, -0.2) is 31.5 Å². The third-order valence-corrected chi connectivity index (χ3v) is 4.36. The molecule has 2 aromatic carbocycles. The van der Waals surface area contributed by atoms with Crippen molar-refractivity contribution in [1.29, 1.82) is 0 Å². The summed E-state index contributed by atoms with van der Waals surface area (Å²) in [6.45, 7) is 5.95. The fourth-order valence-electron chi connectivity index (χ4n) is 2.86. The first-order valence-electron chi connectivity index (χ1n) is 9.08. The minimum Gasteiger partial charge on any atom is -0.398 e. The SMILES string of the molecule is C#Cc1cc(C)cc(/C(C)=N/OCc2c(C)cccc2/C(=N\OC)C(=O)NC)c1. The molecule has 2 aromatic rings. The van der Waals surface area contributed by atoms with E-state index in [4.69, 9.17) is 16.1 Å². The molecular formula is C23H25N3O3. The Bertz CT molecular complexity index is 1000. The standard InChI is InChI=1S/C23H25N3O3/c1-7-18-11-15(2)12-19(13-18)17(4)25-29-14-21-16(3)9-8-10-20(21)22(26-28-6)23(27)24-5/h1,8-13H,14H2,2-6H3,(H,24,27)/b25-17+,26-22+. The molecule has 0 saturated carbocycles. The second kappa shape index (κ2) is 10.1. The molecule has 2 rings (SSSR count). The molecule has 6 heteroatoms. The van der Waals surface area contributed by atoms with Gasteiger partial charge in [0.15, 0.2) is 5.71 Å². The molecule has 150 valence electrons. The molecule has 0 atom stereocenters. The van der Waals surface area contributed by atoms with E-state index in [1.165, 1.54) is 7.11 Å². The predicted octanol–water partition coefficient (Wildman–Crippen LogP) is 3.32. The van der Waals surface area contributed by atoms with E-state index in [9.17, 15) is 4.79 Å². The van der Waals surface area contributed by atoms with Gasteiger partial charge in [-0.2, -0.15) is 0 Å². The number of nitrogens with zero attached hydrogens (tertiary/aromatic N) is 2. The Kier molecular flexibility index (Phi) is 7.55. The second-order valence-corrected chi connectivity index (χ2v) is 6.48. The minimum absolute atomic E-state index is 0.173. The Morgan fingerprint density at radius 3 is 2.62 bits per heavy atom. The van der Waals surface area contributed by atoms with Crippen LogP contribution in [0.4, 0.5) is 0 Å². The van der Waals surface area contributed by atoms with Gasteiger partial charge in [0.25, 0.3) is 5.91 Å². The molecule has 1 amide bonds. The van der Waals surface area contributed by atoms with Gasteiger partial charge in [0.1, 0.15) is 13.7 Å². The fraction of sp³-hybridized carbons (Fsp3) is 0.261. The molecule has 29 heavy (non-hydrogen) atoms. The summed E-state index contributed by atoms with van der Waals surface area (Å²) >= 11 is 0. The maximum absolute atomic E-state index is 12.2. The van der Waals surface area contributed by atoms with E-state index in [0.717, 1.165) is 27.8 Å². The van der Waals surface area contributed by atoms with Crippen molar-refractivity contribution in [2.75, 3.05) is 14.2 Å². The van der Waals surface area contributed by atoms with Crippen LogP contribution in [0, 0.1) is 26.2 Å². The van der Waals surface area contributed by atoms with Gasteiger partial charge < -0.3 is 15.0 Å². The average molecular weight is 391 g/mol. The summed E-state index contributed by atoms with van der Waals surface area (Å²) in [6.07, 6.45) is 5.51. The van der Waals surface area contributed by atoms with Crippen LogP contribution in [0.15, 0.2) is 46.7 Å². The summed E-state index contributed by atoms with van der Waals surface area (Å²) in [5, 5.41) is 10.7. The summed E-state index contributed by atoms with van der Waals surface area (Å²) in [5.74, 6) is 2.29. The van der Waals surface area contributed by atoms with Gasteiger partial charge in [0.2, 0.25) is 0 Å². The molecule has 0 heterocycles. The van der Waals surface area contributed by atoms with Crippen LogP contribution in [0.2, 0.25) is 0 Å². The number of oxime groups is 2. The molecule has 0 unspecified atom stereocenters.